The van der Waals surface area contributed by atoms with Crippen LogP contribution in [0, 0.1) is 0 Å². The van der Waals surface area contributed by atoms with E-state index in [1.165, 1.54) is 30.3 Å². The second kappa shape index (κ2) is 12.9. The van der Waals surface area contributed by atoms with Crippen molar-refractivity contribution in [1.29, 1.82) is 0 Å². The summed E-state index contributed by atoms with van der Waals surface area (Å²) in [6.45, 7) is -2.83. The molecule has 41 heavy (non-hydrogen) atoms. The summed E-state index contributed by atoms with van der Waals surface area (Å²) in [6.07, 6.45) is -13.5. The van der Waals surface area contributed by atoms with Crippen molar-refractivity contribution in [2.75, 3.05) is 13.2 Å². The number of aliphatic hydroxyl groups excluding tert-OH is 2. The number of nitrogens with one attached hydrogen (secondary N) is 1. The molecule has 0 aliphatic rings. The Hall–Kier alpha value is -3.69. The maximum absolute atomic E-state index is 13.3. The Labute approximate surface area is 233 Å². The fourth-order valence-electron chi connectivity index (χ4n) is 3.85. The second-order valence-corrected chi connectivity index (χ2v) is 9.31. The van der Waals surface area contributed by atoms with Crippen molar-refractivity contribution in [3.05, 3.63) is 75.2 Å². The number of ketones is 1. The topological polar surface area (TPSA) is 126 Å². The van der Waals surface area contributed by atoms with Gasteiger partial charge in [0.25, 0.3) is 0 Å². The highest BCUT2D eigenvalue weighted by Gasteiger charge is 2.39. The molecule has 0 bridgehead atoms. The number of aromatic nitrogens is 3. The molecule has 1 heterocycles. The Bertz CT molecular complexity index is 1440. The van der Waals surface area contributed by atoms with Gasteiger partial charge in [-0.1, -0.05) is 29.8 Å². The van der Waals surface area contributed by atoms with Gasteiger partial charge in [0, 0.05) is 23.6 Å². The van der Waals surface area contributed by atoms with Crippen molar-refractivity contribution in [3.63, 3.8) is 0 Å². The van der Waals surface area contributed by atoms with Gasteiger partial charge in [0.2, 0.25) is 5.91 Å². The van der Waals surface area contributed by atoms with E-state index in [-0.39, 0.29) is 28.5 Å². The summed E-state index contributed by atoms with van der Waals surface area (Å²) in [7, 11) is 0. The minimum atomic E-state index is -5.07. The number of hydrogen-bond acceptors (Lipinski definition) is 6. The monoisotopic (exact) mass is 608 g/mol. The Morgan fingerprint density at radius 3 is 2.29 bits per heavy atom. The third kappa shape index (κ3) is 8.17. The predicted octanol–water partition coefficient (Wildman–Crippen LogP) is 3.16. The van der Waals surface area contributed by atoms with Crippen LogP contribution >= 0.6 is 11.6 Å². The van der Waals surface area contributed by atoms with Crippen LogP contribution in [0.3, 0.4) is 0 Å². The SMILES string of the molecule is O=C(CC(C(=O)NCCO)c1cccc(C(F)(F)F)c1)Cn1nc(-c2ccc(Cl)cc2)n(C[C@H](O)C(F)(F)F)c1=O. The number of benzene rings is 2. The van der Waals surface area contributed by atoms with Gasteiger partial charge >= 0.3 is 18.0 Å². The molecule has 0 saturated heterocycles. The molecule has 0 radical (unpaired) electrons. The summed E-state index contributed by atoms with van der Waals surface area (Å²) in [5.41, 5.74) is -2.30. The molecule has 0 aliphatic carbocycles. The third-order valence-electron chi connectivity index (χ3n) is 5.86. The second-order valence-electron chi connectivity index (χ2n) is 8.87. The number of rotatable bonds is 11. The summed E-state index contributed by atoms with van der Waals surface area (Å²) in [4.78, 5) is 38.7. The number of alkyl halides is 6. The molecule has 3 rings (SSSR count). The summed E-state index contributed by atoms with van der Waals surface area (Å²) in [5, 5.41) is 25.1. The molecular weight excluding hydrogens is 586 g/mol. The van der Waals surface area contributed by atoms with E-state index in [2.05, 4.69) is 10.4 Å². The van der Waals surface area contributed by atoms with Gasteiger partial charge in [-0.25, -0.2) is 9.48 Å². The van der Waals surface area contributed by atoms with Gasteiger partial charge in [-0.3, -0.25) is 14.2 Å². The van der Waals surface area contributed by atoms with E-state index in [4.69, 9.17) is 16.7 Å². The lowest BCUT2D eigenvalue weighted by Gasteiger charge is -2.18. The van der Waals surface area contributed by atoms with Gasteiger partial charge in [-0.05, 0) is 35.9 Å². The van der Waals surface area contributed by atoms with Crippen molar-refractivity contribution in [2.45, 2.75) is 43.9 Å². The van der Waals surface area contributed by atoms with E-state index in [9.17, 15) is 45.8 Å². The Morgan fingerprint density at radius 2 is 1.71 bits per heavy atom. The molecule has 2 atom stereocenters. The highest BCUT2D eigenvalue weighted by atomic mass is 35.5. The normalized spacial score (nSPS) is 13.6. The average Bonchev–Trinajstić information content (AvgIpc) is 3.19. The number of Topliss-reactive ketones (excluding diaryl/α,β-unsaturated/α-hetero) is 1. The average molecular weight is 609 g/mol. The number of aliphatic hydroxyl groups is 2. The van der Waals surface area contributed by atoms with Crippen LogP contribution in [0.25, 0.3) is 11.4 Å². The molecular formula is C25H23ClF6N4O5. The Kier molecular flexibility index (Phi) is 9.99. The Morgan fingerprint density at radius 1 is 1.05 bits per heavy atom. The van der Waals surface area contributed by atoms with Gasteiger partial charge in [0.05, 0.1) is 24.6 Å². The van der Waals surface area contributed by atoms with E-state index in [0.29, 0.717) is 15.3 Å². The number of halogens is 7. The van der Waals surface area contributed by atoms with E-state index in [0.717, 1.165) is 12.1 Å². The van der Waals surface area contributed by atoms with Gasteiger partial charge in [0.15, 0.2) is 17.7 Å². The molecule has 1 aromatic heterocycles. The molecule has 0 aliphatic heterocycles. The van der Waals surface area contributed by atoms with Crippen LogP contribution in [0.5, 0.6) is 0 Å². The summed E-state index contributed by atoms with van der Waals surface area (Å²) in [5.74, 6) is -3.52. The third-order valence-corrected chi connectivity index (χ3v) is 6.11. The van der Waals surface area contributed by atoms with Gasteiger partial charge in [0.1, 0.15) is 6.54 Å². The molecule has 2 aromatic carbocycles. The first kappa shape index (κ1) is 31.8. The summed E-state index contributed by atoms with van der Waals surface area (Å²) >= 11 is 5.84. The van der Waals surface area contributed by atoms with Crippen molar-refractivity contribution in [1.82, 2.24) is 19.7 Å². The van der Waals surface area contributed by atoms with Crippen molar-refractivity contribution in [2.24, 2.45) is 0 Å². The number of carbonyl (C=O) groups is 2. The number of nitrogens with zero attached hydrogens (tertiary/aromatic N) is 3. The lowest BCUT2D eigenvalue weighted by atomic mass is 9.91. The lowest BCUT2D eigenvalue weighted by molar-refractivity contribution is -0.207. The molecule has 3 N–H and O–H groups in total. The maximum atomic E-state index is 13.3. The largest absolute Gasteiger partial charge is 0.416 e. The van der Waals surface area contributed by atoms with Crippen LogP contribution in [0.15, 0.2) is 53.3 Å². The number of carbonyl (C=O) groups excluding carboxylic acids is 2. The zero-order chi connectivity index (χ0) is 30.5. The van der Waals surface area contributed by atoms with E-state index < -0.39 is 73.4 Å². The first-order valence-corrected chi connectivity index (χ1v) is 12.3. The van der Waals surface area contributed by atoms with Gasteiger partial charge in [-0.15, -0.1) is 5.10 Å². The van der Waals surface area contributed by atoms with Crippen LogP contribution in [-0.4, -0.2) is 61.7 Å². The lowest BCUT2D eigenvalue weighted by Crippen LogP contribution is -2.38. The zero-order valence-corrected chi connectivity index (χ0v) is 21.7. The van der Waals surface area contributed by atoms with Crippen LogP contribution in [0.2, 0.25) is 5.02 Å². The first-order chi connectivity index (χ1) is 19.1. The highest BCUT2D eigenvalue weighted by molar-refractivity contribution is 6.30. The molecule has 1 unspecified atom stereocenters. The molecule has 0 fully saturated rings. The smallest absolute Gasteiger partial charge is 0.395 e. The molecule has 16 heteroatoms. The molecule has 3 aromatic rings. The number of hydrogen-bond donors (Lipinski definition) is 3. The van der Waals surface area contributed by atoms with Crippen molar-refractivity contribution in [3.8, 4) is 11.4 Å². The standard InChI is InChI=1S/C25H23ClF6N4O5/c26-17-6-4-14(5-7-17)21-34-36(23(41)35(21)13-20(39)25(30,31)32)12-18(38)11-19(22(40)33-8-9-37)15-2-1-3-16(10-15)24(27,28)29/h1-7,10,19-20,37,39H,8-9,11-13H2,(H,33,40)/t19?,20-/m0/s1. The molecule has 0 spiro atoms. The fourth-order valence-corrected chi connectivity index (χ4v) is 3.98. The van der Waals surface area contributed by atoms with Crippen LogP contribution in [-0.2, 0) is 28.9 Å². The van der Waals surface area contributed by atoms with E-state index in [1.807, 2.05) is 0 Å². The molecule has 1 amide bonds. The molecule has 222 valence electrons. The highest BCUT2D eigenvalue weighted by Crippen LogP contribution is 2.32. The quantitative estimate of drug-likeness (QED) is 0.287. The Balaban J connectivity index is 1.96. The molecule has 9 nitrogen and oxygen atoms in total. The molecule has 0 saturated carbocycles. The summed E-state index contributed by atoms with van der Waals surface area (Å²) < 4.78 is 80.0. The van der Waals surface area contributed by atoms with E-state index >= 15 is 0 Å². The van der Waals surface area contributed by atoms with Crippen LogP contribution in [0.1, 0.15) is 23.5 Å². The van der Waals surface area contributed by atoms with Crippen LogP contribution < -0.4 is 11.0 Å². The van der Waals surface area contributed by atoms with Crippen LogP contribution in [0.4, 0.5) is 26.3 Å². The minimum Gasteiger partial charge on any atom is -0.395 e. The van der Waals surface area contributed by atoms with Gasteiger partial charge < -0.3 is 15.5 Å². The van der Waals surface area contributed by atoms with Crippen molar-refractivity contribution < 1.29 is 46.1 Å². The van der Waals surface area contributed by atoms with Gasteiger partial charge in [-0.2, -0.15) is 26.3 Å². The minimum absolute atomic E-state index is 0.136. The maximum Gasteiger partial charge on any atom is 0.416 e. The first-order valence-electron chi connectivity index (χ1n) is 11.9. The van der Waals surface area contributed by atoms with Crippen molar-refractivity contribution >= 4 is 23.3 Å². The summed E-state index contributed by atoms with van der Waals surface area (Å²) in [6, 6.07) is 9.16. The predicted molar refractivity (Wildman–Crippen MR) is 133 cm³/mol. The number of amides is 1. The fraction of sp³-hybridized carbons (Fsp3) is 0.360. The zero-order valence-electron chi connectivity index (χ0n) is 20.9. The van der Waals surface area contributed by atoms with E-state index in [1.54, 1.807) is 0 Å².